The summed E-state index contributed by atoms with van der Waals surface area (Å²) < 4.78 is 37.9. The first kappa shape index (κ1) is 15.7. The number of hydrogen-bond acceptors (Lipinski definition) is 4. The zero-order valence-electron chi connectivity index (χ0n) is 12.6. The number of aromatic nitrogens is 2. The van der Waals surface area contributed by atoms with Gasteiger partial charge in [-0.15, -0.1) is 0 Å². The number of fused-ring (bicyclic) bond motifs is 1. The minimum absolute atomic E-state index is 0.227. The molecule has 0 saturated carbocycles. The standard InChI is InChI=1S/C16H16F3N3O/c1-10-2-3-14(23)11(6-10)8-22-5-4-13-12(9-22)7-20-15(21-13)16(17,18)19/h2-3,6-7,23H,4-5,8-9H2,1H3. The SMILES string of the molecule is Cc1ccc(O)c(CN2CCc3nc(C(F)(F)F)ncc3C2)c1. The van der Waals surface area contributed by atoms with Crippen LogP contribution in [-0.2, 0) is 25.7 Å². The monoisotopic (exact) mass is 323 g/mol. The lowest BCUT2D eigenvalue weighted by Gasteiger charge is -2.28. The third-order valence-electron chi connectivity index (χ3n) is 3.90. The molecule has 0 amide bonds. The summed E-state index contributed by atoms with van der Waals surface area (Å²) in [5.41, 5.74) is 3.02. The van der Waals surface area contributed by atoms with E-state index in [2.05, 4.69) is 14.9 Å². The fourth-order valence-electron chi connectivity index (χ4n) is 2.73. The van der Waals surface area contributed by atoms with Crippen molar-refractivity contribution in [2.24, 2.45) is 0 Å². The minimum atomic E-state index is -4.51. The van der Waals surface area contributed by atoms with Crippen LogP contribution < -0.4 is 0 Å². The van der Waals surface area contributed by atoms with Crippen LogP contribution in [0.3, 0.4) is 0 Å². The molecule has 1 aromatic heterocycles. The van der Waals surface area contributed by atoms with Gasteiger partial charge in [-0.05, 0) is 13.0 Å². The van der Waals surface area contributed by atoms with Gasteiger partial charge in [0.25, 0.3) is 0 Å². The Kier molecular flexibility index (Phi) is 3.97. The van der Waals surface area contributed by atoms with E-state index in [4.69, 9.17) is 0 Å². The molecule has 0 aliphatic carbocycles. The molecule has 1 aromatic carbocycles. The molecule has 2 aromatic rings. The van der Waals surface area contributed by atoms with Crippen molar-refractivity contribution < 1.29 is 18.3 Å². The quantitative estimate of drug-likeness (QED) is 0.923. The third-order valence-corrected chi connectivity index (χ3v) is 3.90. The molecule has 0 atom stereocenters. The molecule has 7 heteroatoms. The van der Waals surface area contributed by atoms with Gasteiger partial charge in [-0.25, -0.2) is 9.97 Å². The average Bonchev–Trinajstić information content (AvgIpc) is 2.49. The molecule has 1 N–H and O–H groups in total. The van der Waals surface area contributed by atoms with Crippen LogP contribution in [-0.4, -0.2) is 26.5 Å². The molecule has 2 heterocycles. The van der Waals surface area contributed by atoms with Crippen LogP contribution in [0.4, 0.5) is 13.2 Å². The number of rotatable bonds is 2. The maximum Gasteiger partial charge on any atom is 0.451 e. The van der Waals surface area contributed by atoms with Crippen molar-refractivity contribution >= 4 is 0 Å². The maximum atomic E-state index is 12.6. The summed E-state index contributed by atoms with van der Waals surface area (Å²) in [7, 11) is 0. The van der Waals surface area contributed by atoms with Crippen molar-refractivity contribution in [2.75, 3.05) is 6.54 Å². The van der Waals surface area contributed by atoms with Crippen molar-refractivity contribution in [1.29, 1.82) is 0 Å². The number of nitrogens with zero attached hydrogens (tertiary/aromatic N) is 3. The molecule has 0 bridgehead atoms. The number of phenolic OH excluding ortho intramolecular Hbond substituents is 1. The number of phenols is 1. The first-order valence-corrected chi connectivity index (χ1v) is 7.26. The summed E-state index contributed by atoms with van der Waals surface area (Å²) in [5.74, 6) is -0.855. The first-order valence-electron chi connectivity index (χ1n) is 7.26. The van der Waals surface area contributed by atoms with E-state index < -0.39 is 12.0 Å². The predicted octanol–water partition coefficient (Wildman–Crippen LogP) is 3.07. The number of alkyl halides is 3. The molecule has 0 saturated heterocycles. The van der Waals surface area contributed by atoms with E-state index in [0.29, 0.717) is 37.3 Å². The fourth-order valence-corrected chi connectivity index (χ4v) is 2.73. The third kappa shape index (κ3) is 3.44. The van der Waals surface area contributed by atoms with Crippen molar-refractivity contribution in [2.45, 2.75) is 32.6 Å². The summed E-state index contributed by atoms with van der Waals surface area (Å²) >= 11 is 0. The van der Waals surface area contributed by atoms with Crippen molar-refractivity contribution in [1.82, 2.24) is 14.9 Å². The molecule has 122 valence electrons. The molecule has 0 fully saturated rings. The largest absolute Gasteiger partial charge is 0.508 e. The van der Waals surface area contributed by atoms with E-state index in [1.807, 2.05) is 19.1 Å². The Hall–Kier alpha value is -2.15. The van der Waals surface area contributed by atoms with Crippen molar-refractivity contribution in [3.8, 4) is 5.75 Å². The Labute approximate surface area is 131 Å². The summed E-state index contributed by atoms with van der Waals surface area (Å²) in [6.07, 6.45) is -2.82. The maximum absolute atomic E-state index is 12.6. The number of aromatic hydroxyl groups is 1. The van der Waals surface area contributed by atoms with Gasteiger partial charge in [0.2, 0.25) is 5.82 Å². The van der Waals surface area contributed by atoms with Gasteiger partial charge in [0, 0.05) is 43.4 Å². The summed E-state index contributed by atoms with van der Waals surface area (Å²) in [5, 5.41) is 9.91. The predicted molar refractivity (Wildman–Crippen MR) is 77.7 cm³/mol. The van der Waals surface area contributed by atoms with Gasteiger partial charge >= 0.3 is 6.18 Å². The highest BCUT2D eigenvalue weighted by molar-refractivity contribution is 5.35. The second-order valence-corrected chi connectivity index (χ2v) is 5.76. The van der Waals surface area contributed by atoms with Gasteiger partial charge in [0.05, 0.1) is 5.69 Å². The van der Waals surface area contributed by atoms with E-state index in [1.165, 1.54) is 6.20 Å². The highest BCUT2D eigenvalue weighted by Crippen LogP contribution is 2.28. The van der Waals surface area contributed by atoms with E-state index in [1.54, 1.807) is 6.07 Å². The van der Waals surface area contributed by atoms with Crippen LogP contribution in [0.15, 0.2) is 24.4 Å². The second-order valence-electron chi connectivity index (χ2n) is 5.76. The molecule has 23 heavy (non-hydrogen) atoms. The van der Waals surface area contributed by atoms with E-state index in [-0.39, 0.29) is 5.75 Å². The summed E-state index contributed by atoms with van der Waals surface area (Å²) in [4.78, 5) is 9.13. The van der Waals surface area contributed by atoms with Crippen LogP contribution in [0, 0.1) is 6.92 Å². The molecule has 1 aliphatic heterocycles. The van der Waals surface area contributed by atoms with Crippen molar-refractivity contribution in [3.63, 3.8) is 0 Å². The van der Waals surface area contributed by atoms with E-state index in [9.17, 15) is 18.3 Å². The average molecular weight is 323 g/mol. The second kappa shape index (κ2) is 5.81. The zero-order chi connectivity index (χ0) is 16.6. The number of halogens is 3. The van der Waals surface area contributed by atoms with Crippen LogP contribution in [0.25, 0.3) is 0 Å². The molecule has 0 unspecified atom stereocenters. The molecular formula is C16H16F3N3O. The normalized spacial score (nSPS) is 15.5. The smallest absolute Gasteiger partial charge is 0.451 e. The van der Waals surface area contributed by atoms with Gasteiger partial charge in [-0.3, -0.25) is 4.90 Å². The molecule has 1 aliphatic rings. The van der Waals surface area contributed by atoms with Gasteiger partial charge < -0.3 is 5.11 Å². The molecule has 0 spiro atoms. The molecule has 0 radical (unpaired) electrons. The number of aryl methyl sites for hydroxylation is 1. The highest BCUT2D eigenvalue weighted by atomic mass is 19.4. The Morgan fingerprint density at radius 3 is 2.83 bits per heavy atom. The minimum Gasteiger partial charge on any atom is -0.508 e. The number of hydrogen-bond donors (Lipinski definition) is 1. The Morgan fingerprint density at radius 2 is 2.09 bits per heavy atom. The van der Waals surface area contributed by atoms with Crippen LogP contribution >= 0.6 is 0 Å². The molecule has 3 rings (SSSR count). The lowest BCUT2D eigenvalue weighted by Crippen LogP contribution is -2.31. The Bertz CT molecular complexity index is 731. The number of benzene rings is 1. The zero-order valence-corrected chi connectivity index (χ0v) is 12.6. The van der Waals surface area contributed by atoms with Gasteiger partial charge in [0.15, 0.2) is 0 Å². The highest BCUT2D eigenvalue weighted by Gasteiger charge is 2.35. The van der Waals surface area contributed by atoms with Gasteiger partial charge in [-0.2, -0.15) is 13.2 Å². The van der Waals surface area contributed by atoms with E-state index >= 15 is 0 Å². The van der Waals surface area contributed by atoms with Gasteiger partial charge in [-0.1, -0.05) is 17.7 Å². The lowest BCUT2D eigenvalue weighted by atomic mass is 10.0. The molecular weight excluding hydrogens is 307 g/mol. The summed E-state index contributed by atoms with van der Waals surface area (Å²) in [6.45, 7) is 3.55. The van der Waals surface area contributed by atoms with Crippen LogP contribution in [0.1, 0.15) is 28.2 Å². The van der Waals surface area contributed by atoms with Crippen LogP contribution in [0.5, 0.6) is 5.75 Å². The summed E-state index contributed by atoms with van der Waals surface area (Å²) in [6, 6.07) is 5.40. The fraction of sp³-hybridized carbons (Fsp3) is 0.375. The topological polar surface area (TPSA) is 49.2 Å². The Morgan fingerprint density at radius 1 is 1.30 bits per heavy atom. The Balaban J connectivity index is 1.77. The van der Waals surface area contributed by atoms with Gasteiger partial charge in [0.1, 0.15) is 5.75 Å². The van der Waals surface area contributed by atoms with E-state index in [0.717, 1.165) is 11.1 Å². The lowest BCUT2D eigenvalue weighted by molar-refractivity contribution is -0.145. The first-order chi connectivity index (χ1) is 10.8. The van der Waals surface area contributed by atoms with Crippen molar-refractivity contribution in [3.05, 3.63) is 52.6 Å². The molecule has 4 nitrogen and oxygen atoms in total. The van der Waals surface area contributed by atoms with Crippen LogP contribution in [0.2, 0.25) is 0 Å².